The second-order valence-electron chi connectivity index (χ2n) is 4.69. The molecule has 3 heterocycles. The van der Waals surface area contributed by atoms with E-state index in [4.69, 9.17) is 9.40 Å². The van der Waals surface area contributed by atoms with Crippen LogP contribution in [0, 0.1) is 0 Å². The zero-order valence-electron chi connectivity index (χ0n) is 9.45. The van der Waals surface area contributed by atoms with Crippen LogP contribution in [0.4, 0.5) is 0 Å². The SMILES string of the molecule is c1oc(C2CCNC2)nc1C1CCSCC1. The van der Waals surface area contributed by atoms with Gasteiger partial charge in [0.25, 0.3) is 0 Å². The molecule has 1 aromatic rings. The monoisotopic (exact) mass is 238 g/mol. The van der Waals surface area contributed by atoms with E-state index < -0.39 is 0 Å². The summed E-state index contributed by atoms with van der Waals surface area (Å²) in [6.45, 7) is 2.13. The third-order valence-electron chi connectivity index (χ3n) is 3.59. The van der Waals surface area contributed by atoms with Crippen LogP contribution in [0.2, 0.25) is 0 Å². The molecule has 16 heavy (non-hydrogen) atoms. The van der Waals surface area contributed by atoms with Gasteiger partial charge in [0.05, 0.1) is 5.69 Å². The topological polar surface area (TPSA) is 38.1 Å². The van der Waals surface area contributed by atoms with Crippen LogP contribution in [0.3, 0.4) is 0 Å². The quantitative estimate of drug-likeness (QED) is 0.858. The number of hydrogen-bond acceptors (Lipinski definition) is 4. The zero-order valence-corrected chi connectivity index (χ0v) is 10.3. The van der Waals surface area contributed by atoms with E-state index in [0.29, 0.717) is 11.8 Å². The maximum absolute atomic E-state index is 5.64. The second kappa shape index (κ2) is 4.80. The average molecular weight is 238 g/mol. The van der Waals surface area contributed by atoms with Gasteiger partial charge in [0.15, 0.2) is 5.89 Å². The fourth-order valence-electron chi connectivity index (χ4n) is 2.53. The summed E-state index contributed by atoms with van der Waals surface area (Å²) >= 11 is 2.06. The third kappa shape index (κ3) is 2.13. The Bertz CT molecular complexity index is 341. The lowest BCUT2D eigenvalue weighted by atomic mass is 10.00. The Morgan fingerprint density at radius 3 is 2.88 bits per heavy atom. The van der Waals surface area contributed by atoms with Crippen molar-refractivity contribution in [2.24, 2.45) is 0 Å². The van der Waals surface area contributed by atoms with Gasteiger partial charge < -0.3 is 9.73 Å². The van der Waals surface area contributed by atoms with Crippen LogP contribution in [0.1, 0.15) is 42.7 Å². The molecule has 0 aromatic carbocycles. The van der Waals surface area contributed by atoms with Crippen LogP contribution in [0.25, 0.3) is 0 Å². The highest BCUT2D eigenvalue weighted by Gasteiger charge is 2.24. The number of oxazole rings is 1. The van der Waals surface area contributed by atoms with Crippen molar-refractivity contribution < 1.29 is 4.42 Å². The maximum Gasteiger partial charge on any atom is 0.198 e. The van der Waals surface area contributed by atoms with Crippen molar-refractivity contribution in [1.29, 1.82) is 0 Å². The van der Waals surface area contributed by atoms with Crippen LogP contribution in [0.5, 0.6) is 0 Å². The summed E-state index contributed by atoms with van der Waals surface area (Å²) in [5.41, 5.74) is 1.20. The summed E-state index contributed by atoms with van der Waals surface area (Å²) in [5.74, 6) is 4.66. The Labute approximate surface area is 100 Å². The van der Waals surface area contributed by atoms with E-state index in [2.05, 4.69) is 17.1 Å². The molecular weight excluding hydrogens is 220 g/mol. The van der Waals surface area contributed by atoms with Crippen molar-refractivity contribution in [3.63, 3.8) is 0 Å². The Morgan fingerprint density at radius 1 is 1.25 bits per heavy atom. The van der Waals surface area contributed by atoms with Gasteiger partial charge in [-0.15, -0.1) is 0 Å². The van der Waals surface area contributed by atoms with Gasteiger partial charge in [-0.1, -0.05) is 0 Å². The predicted molar refractivity (Wildman–Crippen MR) is 66.0 cm³/mol. The predicted octanol–water partition coefficient (Wildman–Crippen LogP) is 2.36. The highest BCUT2D eigenvalue weighted by Crippen LogP contribution is 2.32. The van der Waals surface area contributed by atoms with Gasteiger partial charge in [0.2, 0.25) is 0 Å². The molecule has 3 rings (SSSR count). The molecular formula is C12H18N2OS. The second-order valence-corrected chi connectivity index (χ2v) is 5.91. The molecule has 0 amide bonds. The molecule has 0 saturated carbocycles. The molecule has 1 atom stereocenters. The Morgan fingerprint density at radius 2 is 2.12 bits per heavy atom. The molecule has 2 aliphatic rings. The number of nitrogens with one attached hydrogen (secondary N) is 1. The van der Waals surface area contributed by atoms with Crippen LogP contribution >= 0.6 is 11.8 Å². The Hall–Kier alpha value is -0.480. The average Bonchev–Trinajstić information content (AvgIpc) is 3.01. The van der Waals surface area contributed by atoms with Crippen molar-refractivity contribution in [3.05, 3.63) is 17.8 Å². The van der Waals surface area contributed by atoms with Gasteiger partial charge in [-0.25, -0.2) is 4.98 Å². The van der Waals surface area contributed by atoms with Gasteiger partial charge >= 0.3 is 0 Å². The van der Waals surface area contributed by atoms with Crippen LogP contribution in [-0.4, -0.2) is 29.6 Å². The van der Waals surface area contributed by atoms with E-state index in [0.717, 1.165) is 19.0 Å². The molecule has 0 radical (unpaired) electrons. The first-order valence-electron chi connectivity index (χ1n) is 6.17. The van der Waals surface area contributed by atoms with Crippen LogP contribution in [0.15, 0.2) is 10.7 Å². The Kier molecular flexibility index (Phi) is 3.20. The first kappa shape index (κ1) is 10.7. The highest BCUT2D eigenvalue weighted by molar-refractivity contribution is 7.99. The molecule has 1 aromatic heterocycles. The molecule has 2 saturated heterocycles. The number of rotatable bonds is 2. The van der Waals surface area contributed by atoms with Crippen molar-refractivity contribution in [2.45, 2.75) is 31.1 Å². The lowest BCUT2D eigenvalue weighted by Gasteiger charge is -2.18. The fraction of sp³-hybridized carbons (Fsp3) is 0.750. The molecule has 2 aliphatic heterocycles. The minimum absolute atomic E-state index is 0.506. The molecule has 0 aliphatic carbocycles. The van der Waals surface area contributed by atoms with Gasteiger partial charge in [-0.3, -0.25) is 0 Å². The summed E-state index contributed by atoms with van der Waals surface area (Å²) in [4.78, 5) is 4.70. The van der Waals surface area contributed by atoms with Gasteiger partial charge in [0, 0.05) is 18.4 Å². The Balaban J connectivity index is 1.71. The third-order valence-corrected chi connectivity index (χ3v) is 4.64. The van der Waals surface area contributed by atoms with E-state index >= 15 is 0 Å². The van der Waals surface area contributed by atoms with E-state index in [1.54, 1.807) is 0 Å². The smallest absolute Gasteiger partial charge is 0.198 e. The summed E-state index contributed by atoms with van der Waals surface area (Å²) in [6, 6.07) is 0. The number of aromatic nitrogens is 1. The normalized spacial score (nSPS) is 27.4. The summed E-state index contributed by atoms with van der Waals surface area (Å²) in [5, 5.41) is 3.36. The first-order chi connectivity index (χ1) is 7.93. The standard InChI is InChI=1S/C12H18N2OS/c1-4-13-7-10(1)12-14-11(8-15-12)9-2-5-16-6-3-9/h8-10,13H,1-7H2. The molecule has 0 spiro atoms. The van der Waals surface area contributed by atoms with Crippen molar-refractivity contribution >= 4 is 11.8 Å². The van der Waals surface area contributed by atoms with E-state index in [1.165, 1.54) is 36.5 Å². The molecule has 4 heteroatoms. The van der Waals surface area contributed by atoms with Crippen molar-refractivity contribution in [1.82, 2.24) is 10.3 Å². The molecule has 2 fully saturated rings. The molecule has 1 N–H and O–H groups in total. The number of nitrogens with zero attached hydrogens (tertiary/aromatic N) is 1. The van der Waals surface area contributed by atoms with E-state index in [1.807, 2.05) is 6.26 Å². The van der Waals surface area contributed by atoms with Crippen LogP contribution < -0.4 is 5.32 Å². The van der Waals surface area contributed by atoms with Gasteiger partial charge in [-0.05, 0) is 37.3 Å². The van der Waals surface area contributed by atoms with E-state index in [9.17, 15) is 0 Å². The summed E-state index contributed by atoms with van der Waals surface area (Å²) in [6.07, 6.45) is 5.59. The largest absolute Gasteiger partial charge is 0.448 e. The van der Waals surface area contributed by atoms with Crippen LogP contribution in [-0.2, 0) is 0 Å². The van der Waals surface area contributed by atoms with Gasteiger partial charge in [-0.2, -0.15) is 11.8 Å². The maximum atomic E-state index is 5.64. The first-order valence-corrected chi connectivity index (χ1v) is 7.33. The summed E-state index contributed by atoms with van der Waals surface area (Å²) in [7, 11) is 0. The minimum Gasteiger partial charge on any atom is -0.448 e. The minimum atomic E-state index is 0.506. The van der Waals surface area contributed by atoms with Crippen molar-refractivity contribution in [2.75, 3.05) is 24.6 Å². The van der Waals surface area contributed by atoms with Crippen molar-refractivity contribution in [3.8, 4) is 0 Å². The van der Waals surface area contributed by atoms with Gasteiger partial charge in [0.1, 0.15) is 6.26 Å². The number of thioether (sulfide) groups is 1. The fourth-order valence-corrected chi connectivity index (χ4v) is 3.64. The summed E-state index contributed by atoms with van der Waals surface area (Å²) < 4.78 is 5.64. The molecule has 1 unspecified atom stereocenters. The zero-order chi connectivity index (χ0) is 10.8. The lowest BCUT2D eigenvalue weighted by molar-refractivity contribution is 0.457. The van der Waals surface area contributed by atoms with E-state index in [-0.39, 0.29) is 0 Å². The lowest BCUT2D eigenvalue weighted by Crippen LogP contribution is -2.10. The molecule has 3 nitrogen and oxygen atoms in total. The molecule has 0 bridgehead atoms. The molecule has 88 valence electrons. The highest BCUT2D eigenvalue weighted by atomic mass is 32.2. The number of hydrogen-bond donors (Lipinski definition) is 1.